The van der Waals surface area contributed by atoms with Crippen molar-refractivity contribution >= 4 is 11.6 Å². The molecule has 0 aliphatic heterocycles. The van der Waals surface area contributed by atoms with E-state index in [1.807, 2.05) is 6.07 Å². The molecule has 0 aliphatic carbocycles. The van der Waals surface area contributed by atoms with Crippen molar-refractivity contribution in [2.45, 2.75) is 46.7 Å². The second-order valence-corrected chi connectivity index (χ2v) is 4.91. The van der Waals surface area contributed by atoms with Crippen LogP contribution in [-0.2, 0) is 0 Å². The predicted octanol–water partition coefficient (Wildman–Crippen LogP) is 4.02. The summed E-state index contributed by atoms with van der Waals surface area (Å²) in [7, 11) is 0. The second kappa shape index (κ2) is 5.00. The van der Waals surface area contributed by atoms with E-state index < -0.39 is 0 Å². The van der Waals surface area contributed by atoms with Gasteiger partial charge in [-0.15, -0.1) is 0 Å². The summed E-state index contributed by atoms with van der Waals surface area (Å²) in [6.07, 6.45) is 0. The van der Waals surface area contributed by atoms with E-state index >= 15 is 0 Å². The zero-order valence-electron chi connectivity index (χ0n) is 10.2. The van der Waals surface area contributed by atoms with Gasteiger partial charge in [-0.2, -0.15) is 0 Å². The number of aryl methyl sites for hydroxylation is 2. The molecule has 1 rings (SSSR count). The fourth-order valence-electron chi connectivity index (χ4n) is 1.72. The number of rotatable bonds is 3. The first-order valence-corrected chi connectivity index (χ1v) is 5.82. The predicted molar refractivity (Wildman–Crippen MR) is 67.6 cm³/mol. The van der Waals surface area contributed by atoms with Crippen molar-refractivity contribution in [1.29, 1.82) is 0 Å². The van der Waals surface area contributed by atoms with Crippen LogP contribution in [0, 0.1) is 13.8 Å². The minimum atomic E-state index is 0.303. The van der Waals surface area contributed by atoms with Crippen LogP contribution in [0.4, 0.5) is 0 Å². The Balaban J connectivity index is 2.98. The highest BCUT2D eigenvalue weighted by molar-refractivity contribution is 6.31. The van der Waals surface area contributed by atoms with E-state index in [4.69, 9.17) is 11.6 Å². The lowest BCUT2D eigenvalue weighted by Crippen LogP contribution is -2.26. The molecular weight excluding hydrogens is 206 g/mol. The molecule has 0 spiro atoms. The van der Waals surface area contributed by atoms with Crippen LogP contribution < -0.4 is 5.32 Å². The normalized spacial score (nSPS) is 13.3. The number of hydrogen-bond donors (Lipinski definition) is 1. The molecule has 84 valence electrons. The first-order valence-electron chi connectivity index (χ1n) is 5.44. The highest BCUT2D eigenvalue weighted by atomic mass is 35.5. The number of hydrogen-bond acceptors (Lipinski definition) is 1. The molecule has 0 radical (unpaired) electrons. The monoisotopic (exact) mass is 225 g/mol. The molecule has 0 amide bonds. The van der Waals surface area contributed by atoms with Crippen molar-refractivity contribution in [2.24, 2.45) is 0 Å². The number of benzene rings is 1. The molecular formula is C13H20ClN. The van der Waals surface area contributed by atoms with Crippen molar-refractivity contribution in [2.75, 3.05) is 0 Å². The molecule has 1 N–H and O–H groups in total. The summed E-state index contributed by atoms with van der Waals surface area (Å²) in [5.41, 5.74) is 3.74. The van der Waals surface area contributed by atoms with E-state index in [2.05, 4.69) is 46.0 Å². The molecule has 0 aliphatic rings. The van der Waals surface area contributed by atoms with Crippen LogP contribution >= 0.6 is 11.6 Å². The molecule has 0 fully saturated rings. The Morgan fingerprint density at radius 3 is 2.13 bits per heavy atom. The summed E-state index contributed by atoms with van der Waals surface area (Å²) in [6.45, 7) is 10.6. The molecule has 0 aromatic heterocycles. The average Bonchev–Trinajstić information content (AvgIpc) is 2.09. The summed E-state index contributed by atoms with van der Waals surface area (Å²) in [5.74, 6) is 0. The van der Waals surface area contributed by atoms with Crippen molar-refractivity contribution in [3.63, 3.8) is 0 Å². The fourth-order valence-corrected chi connectivity index (χ4v) is 2.11. The van der Waals surface area contributed by atoms with E-state index in [9.17, 15) is 0 Å². The van der Waals surface area contributed by atoms with Gasteiger partial charge in [0.2, 0.25) is 0 Å². The molecule has 1 aromatic rings. The minimum Gasteiger partial charge on any atom is -0.308 e. The highest BCUT2D eigenvalue weighted by Gasteiger charge is 2.11. The Morgan fingerprint density at radius 1 is 1.07 bits per heavy atom. The molecule has 0 saturated heterocycles. The molecule has 1 aromatic carbocycles. The van der Waals surface area contributed by atoms with Crippen LogP contribution in [0.3, 0.4) is 0 Å². The van der Waals surface area contributed by atoms with E-state index in [1.54, 1.807) is 0 Å². The molecule has 1 atom stereocenters. The van der Waals surface area contributed by atoms with Crippen molar-refractivity contribution < 1.29 is 0 Å². The van der Waals surface area contributed by atoms with Gasteiger partial charge in [0, 0.05) is 17.1 Å². The zero-order valence-corrected chi connectivity index (χ0v) is 10.9. The maximum Gasteiger partial charge on any atom is 0.0456 e. The summed E-state index contributed by atoms with van der Waals surface area (Å²) in [4.78, 5) is 0. The van der Waals surface area contributed by atoms with Gasteiger partial charge in [-0.25, -0.2) is 0 Å². The third-order valence-electron chi connectivity index (χ3n) is 2.66. The highest BCUT2D eigenvalue weighted by Crippen LogP contribution is 2.26. The van der Waals surface area contributed by atoms with Gasteiger partial charge in [-0.1, -0.05) is 31.5 Å². The largest absolute Gasteiger partial charge is 0.308 e. The molecule has 0 bridgehead atoms. The Labute approximate surface area is 97.8 Å². The van der Waals surface area contributed by atoms with Crippen LogP contribution in [0.25, 0.3) is 0 Å². The number of nitrogens with one attached hydrogen (secondary N) is 1. The third-order valence-corrected chi connectivity index (χ3v) is 2.99. The standard InChI is InChI=1S/C13H20ClN/c1-8(2)15-11(5)12-6-9(3)10(4)7-13(12)14/h6-8,11,15H,1-5H3. The van der Waals surface area contributed by atoms with Crippen LogP contribution in [0.15, 0.2) is 12.1 Å². The minimum absolute atomic E-state index is 0.303. The zero-order chi connectivity index (χ0) is 11.6. The number of halogens is 1. The van der Waals surface area contributed by atoms with Gasteiger partial charge in [0.25, 0.3) is 0 Å². The quantitative estimate of drug-likeness (QED) is 0.820. The van der Waals surface area contributed by atoms with Crippen LogP contribution in [0.2, 0.25) is 5.02 Å². The van der Waals surface area contributed by atoms with E-state index in [0.29, 0.717) is 12.1 Å². The van der Waals surface area contributed by atoms with Gasteiger partial charge >= 0.3 is 0 Å². The van der Waals surface area contributed by atoms with Gasteiger partial charge in [0.05, 0.1) is 0 Å². The summed E-state index contributed by atoms with van der Waals surface area (Å²) in [6, 6.07) is 5.00. The van der Waals surface area contributed by atoms with Gasteiger partial charge < -0.3 is 5.32 Å². The van der Waals surface area contributed by atoms with E-state index in [-0.39, 0.29) is 0 Å². The third kappa shape index (κ3) is 3.22. The van der Waals surface area contributed by atoms with Gasteiger partial charge in [0.15, 0.2) is 0 Å². The van der Waals surface area contributed by atoms with Crippen LogP contribution in [-0.4, -0.2) is 6.04 Å². The first-order chi connectivity index (χ1) is 6.91. The molecule has 0 saturated carbocycles. The second-order valence-electron chi connectivity index (χ2n) is 4.50. The van der Waals surface area contributed by atoms with Crippen LogP contribution in [0.1, 0.15) is 43.5 Å². The van der Waals surface area contributed by atoms with Gasteiger partial charge in [0.1, 0.15) is 0 Å². The van der Waals surface area contributed by atoms with Gasteiger partial charge in [-0.3, -0.25) is 0 Å². The Morgan fingerprint density at radius 2 is 1.60 bits per heavy atom. The van der Waals surface area contributed by atoms with E-state index in [1.165, 1.54) is 16.7 Å². The van der Waals surface area contributed by atoms with Crippen molar-refractivity contribution in [1.82, 2.24) is 5.32 Å². The lowest BCUT2D eigenvalue weighted by Gasteiger charge is -2.19. The van der Waals surface area contributed by atoms with Crippen molar-refractivity contribution in [3.05, 3.63) is 33.8 Å². The van der Waals surface area contributed by atoms with E-state index in [0.717, 1.165) is 5.02 Å². The lowest BCUT2D eigenvalue weighted by atomic mass is 10.0. The maximum absolute atomic E-state index is 6.24. The molecule has 2 heteroatoms. The summed E-state index contributed by atoms with van der Waals surface area (Å²) >= 11 is 6.24. The van der Waals surface area contributed by atoms with Crippen LogP contribution in [0.5, 0.6) is 0 Å². The molecule has 1 unspecified atom stereocenters. The first kappa shape index (κ1) is 12.5. The fraction of sp³-hybridized carbons (Fsp3) is 0.538. The maximum atomic E-state index is 6.24. The van der Waals surface area contributed by atoms with Gasteiger partial charge in [-0.05, 0) is 43.5 Å². The average molecular weight is 226 g/mol. The Kier molecular flexibility index (Phi) is 4.18. The summed E-state index contributed by atoms with van der Waals surface area (Å²) in [5, 5.41) is 4.32. The smallest absolute Gasteiger partial charge is 0.0456 e. The SMILES string of the molecule is Cc1cc(Cl)c(C(C)NC(C)C)cc1C. The Bertz CT molecular complexity index is 345. The summed E-state index contributed by atoms with van der Waals surface area (Å²) < 4.78 is 0. The van der Waals surface area contributed by atoms with Crippen molar-refractivity contribution in [3.8, 4) is 0 Å². The topological polar surface area (TPSA) is 12.0 Å². The lowest BCUT2D eigenvalue weighted by molar-refractivity contribution is 0.506. The Hall–Kier alpha value is -0.530. The molecule has 15 heavy (non-hydrogen) atoms. The molecule has 1 nitrogen and oxygen atoms in total. The molecule has 0 heterocycles.